The van der Waals surface area contributed by atoms with Crippen molar-refractivity contribution in [3.8, 4) is 0 Å². The van der Waals surface area contributed by atoms with Gasteiger partial charge in [-0.15, -0.1) is 0 Å². The van der Waals surface area contributed by atoms with E-state index < -0.39 is 0 Å². The average Bonchev–Trinajstić information content (AvgIpc) is 2.65. The molecule has 0 radical (unpaired) electrons. The lowest BCUT2D eigenvalue weighted by atomic mass is 10.2. The van der Waals surface area contributed by atoms with Gasteiger partial charge in [-0.1, -0.05) is 13.3 Å². The van der Waals surface area contributed by atoms with E-state index in [-0.39, 0.29) is 12.0 Å². The topological polar surface area (TPSA) is 78.9 Å². The van der Waals surface area contributed by atoms with Crippen molar-refractivity contribution in [2.75, 3.05) is 51.3 Å². The first kappa shape index (κ1) is 19.9. The van der Waals surface area contributed by atoms with E-state index in [1.807, 2.05) is 0 Å². The minimum Gasteiger partial charge on any atom is -0.450 e. The third kappa shape index (κ3) is 5.06. The van der Waals surface area contributed by atoms with Crippen molar-refractivity contribution in [1.82, 2.24) is 19.8 Å². The number of unbranched alkanes of at least 4 members (excludes halogenated alkanes) is 1. The van der Waals surface area contributed by atoms with Crippen LogP contribution in [0, 0.1) is 6.92 Å². The zero-order valence-electron chi connectivity index (χ0n) is 16.2. The summed E-state index contributed by atoms with van der Waals surface area (Å²) in [5.74, 6) is 1.21. The van der Waals surface area contributed by atoms with Crippen LogP contribution in [0.25, 0.3) is 0 Å². The highest BCUT2D eigenvalue weighted by Gasteiger charge is 2.24. The standard InChI is InChI=1S/C18H29N5O3/c1-5-7-8-21(4)17(24)15-13-16(20-14(3)19-15)22-9-11-23(12-10-22)18(25)26-6-2/h13H,5-12H2,1-4H3. The first-order valence-corrected chi connectivity index (χ1v) is 9.24. The maximum absolute atomic E-state index is 12.6. The summed E-state index contributed by atoms with van der Waals surface area (Å²) in [5.41, 5.74) is 0.416. The summed E-state index contributed by atoms with van der Waals surface area (Å²) in [5, 5.41) is 0. The second-order valence-electron chi connectivity index (χ2n) is 6.41. The number of amides is 2. The van der Waals surface area contributed by atoms with Gasteiger partial charge in [-0.2, -0.15) is 0 Å². The average molecular weight is 363 g/mol. The molecular weight excluding hydrogens is 334 g/mol. The van der Waals surface area contributed by atoms with Crippen LogP contribution >= 0.6 is 0 Å². The Hall–Kier alpha value is -2.38. The zero-order chi connectivity index (χ0) is 19.1. The van der Waals surface area contributed by atoms with Crippen LogP contribution in [0.4, 0.5) is 10.6 Å². The predicted octanol–water partition coefficient (Wildman–Crippen LogP) is 1.94. The Morgan fingerprint density at radius 1 is 1.19 bits per heavy atom. The molecule has 1 aliphatic rings. The molecule has 0 saturated carbocycles. The summed E-state index contributed by atoms with van der Waals surface area (Å²) >= 11 is 0. The number of anilines is 1. The van der Waals surface area contributed by atoms with Crippen molar-refractivity contribution in [1.29, 1.82) is 0 Å². The third-order valence-corrected chi connectivity index (χ3v) is 4.37. The first-order chi connectivity index (χ1) is 12.5. The Labute approximate surface area is 155 Å². The minimum absolute atomic E-state index is 0.0876. The second-order valence-corrected chi connectivity index (χ2v) is 6.41. The molecule has 2 heterocycles. The summed E-state index contributed by atoms with van der Waals surface area (Å²) in [6.45, 7) is 9.22. The molecule has 1 aromatic heterocycles. The van der Waals surface area contributed by atoms with Gasteiger partial charge < -0.3 is 19.4 Å². The number of ether oxygens (including phenoxy) is 1. The van der Waals surface area contributed by atoms with Crippen LogP contribution in [-0.2, 0) is 4.74 Å². The molecule has 0 aliphatic carbocycles. The molecule has 0 unspecified atom stereocenters. The van der Waals surface area contributed by atoms with Gasteiger partial charge in [-0.3, -0.25) is 4.79 Å². The largest absolute Gasteiger partial charge is 0.450 e. The van der Waals surface area contributed by atoms with Crippen LogP contribution in [0.5, 0.6) is 0 Å². The number of hydrogen-bond donors (Lipinski definition) is 0. The maximum Gasteiger partial charge on any atom is 0.409 e. The molecule has 1 aliphatic heterocycles. The van der Waals surface area contributed by atoms with Crippen LogP contribution in [0.3, 0.4) is 0 Å². The minimum atomic E-state index is -0.278. The predicted molar refractivity (Wildman–Crippen MR) is 99.4 cm³/mol. The highest BCUT2D eigenvalue weighted by atomic mass is 16.6. The summed E-state index contributed by atoms with van der Waals surface area (Å²) in [7, 11) is 1.80. The lowest BCUT2D eigenvalue weighted by Gasteiger charge is -2.34. The van der Waals surface area contributed by atoms with Crippen molar-refractivity contribution in [3.05, 3.63) is 17.6 Å². The van der Waals surface area contributed by atoms with Gasteiger partial charge >= 0.3 is 6.09 Å². The molecule has 26 heavy (non-hydrogen) atoms. The van der Waals surface area contributed by atoms with Crippen LogP contribution in [0.1, 0.15) is 43.0 Å². The highest BCUT2D eigenvalue weighted by Crippen LogP contribution is 2.17. The van der Waals surface area contributed by atoms with E-state index in [0.717, 1.165) is 18.7 Å². The Morgan fingerprint density at radius 2 is 1.88 bits per heavy atom. The SMILES string of the molecule is CCCCN(C)C(=O)c1cc(N2CCN(C(=O)OCC)CC2)nc(C)n1. The number of rotatable bonds is 6. The van der Waals surface area contributed by atoms with Gasteiger partial charge in [0.15, 0.2) is 0 Å². The van der Waals surface area contributed by atoms with Crippen molar-refractivity contribution >= 4 is 17.8 Å². The fraction of sp³-hybridized carbons (Fsp3) is 0.667. The van der Waals surface area contributed by atoms with E-state index in [4.69, 9.17) is 4.74 Å². The normalized spacial score (nSPS) is 14.3. The van der Waals surface area contributed by atoms with Crippen LogP contribution in [0.15, 0.2) is 6.07 Å². The molecule has 0 atom stereocenters. The molecule has 0 spiro atoms. The van der Waals surface area contributed by atoms with Crippen LogP contribution in [-0.4, -0.2) is 78.1 Å². The second kappa shape index (κ2) is 9.35. The number of carbonyl (C=O) groups is 2. The van der Waals surface area contributed by atoms with Gasteiger partial charge in [0.2, 0.25) is 0 Å². The molecule has 0 bridgehead atoms. The first-order valence-electron chi connectivity index (χ1n) is 9.24. The number of carbonyl (C=O) groups excluding carboxylic acids is 2. The number of aromatic nitrogens is 2. The van der Waals surface area contributed by atoms with Crippen LogP contribution < -0.4 is 4.90 Å². The molecule has 2 amide bonds. The summed E-state index contributed by atoms with van der Waals surface area (Å²) < 4.78 is 5.04. The van der Waals surface area contributed by atoms with Crippen LogP contribution in [0.2, 0.25) is 0 Å². The van der Waals surface area contributed by atoms with Crippen molar-refractivity contribution in [2.24, 2.45) is 0 Å². The Kier molecular flexibility index (Phi) is 7.17. The third-order valence-electron chi connectivity index (χ3n) is 4.37. The maximum atomic E-state index is 12.6. The number of aryl methyl sites for hydroxylation is 1. The molecule has 8 heteroatoms. The summed E-state index contributed by atoms with van der Waals surface area (Å²) in [6, 6.07) is 1.75. The smallest absolute Gasteiger partial charge is 0.409 e. The molecule has 1 saturated heterocycles. The van der Waals surface area contributed by atoms with Gasteiger partial charge in [0, 0.05) is 45.8 Å². The zero-order valence-corrected chi connectivity index (χ0v) is 16.2. The number of piperazine rings is 1. The van der Waals surface area contributed by atoms with Gasteiger partial charge in [0.05, 0.1) is 6.61 Å². The Bertz CT molecular complexity index is 629. The molecule has 2 rings (SSSR count). The fourth-order valence-corrected chi connectivity index (χ4v) is 2.85. The van der Waals surface area contributed by atoms with Gasteiger partial charge in [0.1, 0.15) is 17.3 Å². The molecular formula is C18H29N5O3. The van der Waals surface area contributed by atoms with Gasteiger partial charge in [0.25, 0.3) is 5.91 Å². The van der Waals surface area contributed by atoms with E-state index in [1.165, 1.54) is 0 Å². The molecule has 0 N–H and O–H groups in total. The Balaban J connectivity index is 2.06. The monoisotopic (exact) mass is 363 g/mol. The van der Waals surface area contributed by atoms with Crippen molar-refractivity contribution < 1.29 is 14.3 Å². The number of hydrogen-bond acceptors (Lipinski definition) is 6. The van der Waals surface area contributed by atoms with E-state index in [0.29, 0.717) is 50.8 Å². The van der Waals surface area contributed by atoms with E-state index in [9.17, 15) is 9.59 Å². The molecule has 0 aromatic carbocycles. The molecule has 8 nitrogen and oxygen atoms in total. The van der Waals surface area contributed by atoms with Crippen molar-refractivity contribution in [3.63, 3.8) is 0 Å². The molecule has 1 aromatic rings. The van der Waals surface area contributed by atoms with E-state index in [2.05, 4.69) is 21.8 Å². The van der Waals surface area contributed by atoms with E-state index in [1.54, 1.807) is 36.8 Å². The van der Waals surface area contributed by atoms with Crippen molar-refractivity contribution in [2.45, 2.75) is 33.6 Å². The van der Waals surface area contributed by atoms with Gasteiger partial charge in [-0.25, -0.2) is 14.8 Å². The quantitative estimate of drug-likeness (QED) is 0.768. The number of nitrogens with zero attached hydrogens (tertiary/aromatic N) is 5. The Morgan fingerprint density at radius 3 is 2.50 bits per heavy atom. The summed E-state index contributed by atoms with van der Waals surface area (Å²) in [4.78, 5) is 38.7. The highest BCUT2D eigenvalue weighted by molar-refractivity contribution is 5.92. The van der Waals surface area contributed by atoms with E-state index >= 15 is 0 Å². The molecule has 144 valence electrons. The summed E-state index contributed by atoms with van der Waals surface area (Å²) in [6.07, 6.45) is 1.73. The lowest BCUT2D eigenvalue weighted by Crippen LogP contribution is -2.49. The molecule has 1 fully saturated rings. The fourth-order valence-electron chi connectivity index (χ4n) is 2.85. The lowest BCUT2D eigenvalue weighted by molar-refractivity contribution is 0.0787. The van der Waals surface area contributed by atoms with Gasteiger partial charge in [-0.05, 0) is 20.3 Å².